The fourth-order valence-corrected chi connectivity index (χ4v) is 8.55. The molecule has 1 fully saturated rings. The fraction of sp³-hybridized carbons (Fsp3) is 0.959. The van der Waals surface area contributed by atoms with Gasteiger partial charge in [0.1, 0.15) is 24.4 Å². The Labute approximate surface area is 363 Å². The zero-order valence-corrected chi connectivity index (χ0v) is 39.1. The maximum atomic E-state index is 13.9. The molecule has 10 heteroatoms. The molecule has 1 rings (SSSR count). The number of carbonyl (C=O) groups is 2. The first-order valence-corrected chi connectivity index (χ1v) is 25.4. The lowest BCUT2D eigenvalue weighted by Gasteiger charge is -2.47. The van der Waals surface area contributed by atoms with Gasteiger partial charge in [0.25, 0.3) is 0 Å². The number of hydrogen-bond acceptors (Lipinski definition) is 7. The summed E-state index contributed by atoms with van der Waals surface area (Å²) in [6, 6.07) is -2.25. The summed E-state index contributed by atoms with van der Waals surface area (Å²) < 4.78 is 6.14. The fourth-order valence-electron chi connectivity index (χ4n) is 8.55. The second-order valence-corrected chi connectivity index (χ2v) is 18.5. The van der Waals surface area contributed by atoms with E-state index in [-0.39, 0.29) is 11.9 Å². The highest BCUT2D eigenvalue weighted by atomic mass is 16.5. The summed E-state index contributed by atoms with van der Waals surface area (Å²) in [5.41, 5.74) is 6.20. The third-order valence-electron chi connectivity index (χ3n) is 12.4. The third kappa shape index (κ3) is 28.0. The standard InChI is InChI=1S/C49H98N4O6/c1-5-7-9-11-13-15-17-19-21-23-25-27-29-31-33-35-37-51-49(58)53(38-36-34-32-30-28-26-24-22-20-18-16-14-12-10-8-6-2)48-44(46(56)45(55)43(40-54)59-48)52-47(57)42(50)39-41(3)4/h41-46,48,54-56H,5-40,50H2,1-4H3,(H,51,58)(H,52,57)/t42-,43+,44+,45+,46+,48+/m0/s1. The van der Waals surface area contributed by atoms with E-state index < -0.39 is 49.1 Å². The number of urea groups is 1. The molecule has 0 unspecified atom stereocenters. The number of nitrogens with zero attached hydrogens (tertiary/aromatic N) is 1. The van der Waals surface area contributed by atoms with Gasteiger partial charge in [-0.1, -0.05) is 220 Å². The molecule has 3 amide bonds. The smallest absolute Gasteiger partial charge is 0.319 e. The first-order chi connectivity index (χ1) is 28.7. The predicted octanol–water partition coefficient (Wildman–Crippen LogP) is 10.8. The third-order valence-corrected chi connectivity index (χ3v) is 12.4. The molecule has 10 nitrogen and oxygen atoms in total. The van der Waals surface area contributed by atoms with Crippen LogP contribution in [-0.2, 0) is 9.53 Å². The van der Waals surface area contributed by atoms with Gasteiger partial charge in [0.2, 0.25) is 5.91 Å². The number of hydrogen-bond donors (Lipinski definition) is 6. The molecule has 0 saturated carbocycles. The second-order valence-electron chi connectivity index (χ2n) is 18.5. The van der Waals surface area contributed by atoms with Gasteiger partial charge in [0.15, 0.2) is 6.23 Å². The minimum Gasteiger partial charge on any atom is -0.394 e. The highest BCUT2D eigenvalue weighted by Gasteiger charge is 2.48. The average molecular weight is 839 g/mol. The van der Waals surface area contributed by atoms with Crippen LogP contribution in [0.3, 0.4) is 0 Å². The van der Waals surface area contributed by atoms with E-state index in [0.29, 0.717) is 19.5 Å². The molecule has 1 heterocycles. The van der Waals surface area contributed by atoms with Gasteiger partial charge in [-0.25, -0.2) is 4.79 Å². The molecule has 59 heavy (non-hydrogen) atoms. The molecule has 7 N–H and O–H groups in total. The molecule has 350 valence electrons. The molecule has 0 spiro atoms. The number of aliphatic hydroxyl groups is 3. The molecule has 6 atom stereocenters. The van der Waals surface area contributed by atoms with Gasteiger partial charge < -0.3 is 36.4 Å². The number of amides is 3. The Kier molecular flexibility index (Phi) is 36.0. The summed E-state index contributed by atoms with van der Waals surface area (Å²) in [6.45, 7) is 8.85. The zero-order chi connectivity index (χ0) is 43.4. The Morgan fingerprint density at radius 1 is 0.593 bits per heavy atom. The Morgan fingerprint density at radius 2 is 0.966 bits per heavy atom. The van der Waals surface area contributed by atoms with Crippen molar-refractivity contribution in [2.45, 2.75) is 276 Å². The number of rotatable bonds is 40. The number of nitrogens with one attached hydrogen (secondary N) is 2. The van der Waals surface area contributed by atoms with Crippen molar-refractivity contribution in [1.82, 2.24) is 15.5 Å². The van der Waals surface area contributed by atoms with Gasteiger partial charge in [-0.2, -0.15) is 0 Å². The van der Waals surface area contributed by atoms with Gasteiger partial charge in [0.05, 0.1) is 12.6 Å². The Morgan fingerprint density at radius 3 is 1.34 bits per heavy atom. The molecule has 0 aromatic heterocycles. The number of unbranched alkanes of at least 4 members (excludes halogenated alkanes) is 30. The number of carbonyl (C=O) groups excluding carboxylic acids is 2. The van der Waals surface area contributed by atoms with Crippen LogP contribution in [0, 0.1) is 5.92 Å². The molecule has 0 aliphatic carbocycles. The first-order valence-electron chi connectivity index (χ1n) is 25.4. The Balaban J connectivity index is 2.60. The number of nitrogens with two attached hydrogens (primary N) is 1. The van der Waals surface area contributed by atoms with Gasteiger partial charge in [-0.3, -0.25) is 9.69 Å². The summed E-state index contributed by atoms with van der Waals surface area (Å²) in [6.07, 6.45) is 35.9. The number of aliphatic hydroxyl groups excluding tert-OH is 3. The minimum absolute atomic E-state index is 0.185. The van der Waals surface area contributed by atoms with E-state index in [1.54, 1.807) is 4.90 Å². The topological polar surface area (TPSA) is 157 Å². The number of ether oxygens (including phenoxy) is 1. The summed E-state index contributed by atoms with van der Waals surface area (Å²) in [5.74, 6) is -0.285. The van der Waals surface area contributed by atoms with E-state index in [4.69, 9.17) is 10.5 Å². The van der Waals surface area contributed by atoms with Crippen LogP contribution in [0.25, 0.3) is 0 Å². The summed E-state index contributed by atoms with van der Waals surface area (Å²) in [5, 5.41) is 38.0. The molecule has 0 radical (unpaired) electrons. The van der Waals surface area contributed by atoms with Crippen LogP contribution in [0.2, 0.25) is 0 Å². The largest absolute Gasteiger partial charge is 0.394 e. The average Bonchev–Trinajstić information content (AvgIpc) is 3.22. The molecular weight excluding hydrogens is 741 g/mol. The van der Waals surface area contributed by atoms with Crippen LogP contribution in [0.15, 0.2) is 0 Å². The molecule has 0 aromatic rings. The van der Waals surface area contributed by atoms with Gasteiger partial charge in [-0.05, 0) is 25.2 Å². The van der Waals surface area contributed by atoms with Crippen LogP contribution in [-0.4, -0.2) is 88.5 Å². The van der Waals surface area contributed by atoms with Crippen LogP contribution in [0.4, 0.5) is 4.79 Å². The molecule has 0 aromatic carbocycles. The van der Waals surface area contributed by atoms with Crippen molar-refractivity contribution >= 4 is 11.9 Å². The van der Waals surface area contributed by atoms with Crippen LogP contribution < -0.4 is 16.4 Å². The zero-order valence-electron chi connectivity index (χ0n) is 39.1. The maximum Gasteiger partial charge on any atom is 0.319 e. The van der Waals surface area contributed by atoms with Gasteiger partial charge in [0, 0.05) is 13.1 Å². The predicted molar refractivity (Wildman–Crippen MR) is 246 cm³/mol. The Bertz CT molecular complexity index is 973. The van der Waals surface area contributed by atoms with Gasteiger partial charge >= 0.3 is 6.03 Å². The molecule has 1 saturated heterocycles. The van der Waals surface area contributed by atoms with Crippen molar-refractivity contribution < 1.29 is 29.6 Å². The minimum atomic E-state index is -1.46. The second kappa shape index (κ2) is 38.2. The van der Waals surface area contributed by atoms with Gasteiger partial charge in [-0.15, -0.1) is 0 Å². The van der Waals surface area contributed by atoms with E-state index in [1.165, 1.54) is 161 Å². The molecule has 0 bridgehead atoms. The van der Waals surface area contributed by atoms with E-state index >= 15 is 0 Å². The lowest BCUT2D eigenvalue weighted by molar-refractivity contribution is -0.224. The van der Waals surface area contributed by atoms with Crippen molar-refractivity contribution in [2.24, 2.45) is 11.7 Å². The SMILES string of the molecule is CCCCCCCCCCCCCCCCCCNC(=O)N(CCCCCCCCCCCCCCCCCC)[C@@H]1O[C@H](CO)[C@@H](O)[C@H](O)[C@H]1NC(=O)[C@@H](N)CC(C)C. The van der Waals surface area contributed by atoms with E-state index in [0.717, 1.165) is 44.9 Å². The van der Waals surface area contributed by atoms with Crippen molar-refractivity contribution in [1.29, 1.82) is 0 Å². The Hall–Kier alpha value is -1.46. The molecular formula is C49H98N4O6. The van der Waals surface area contributed by atoms with Crippen LogP contribution >= 0.6 is 0 Å². The van der Waals surface area contributed by atoms with E-state index in [2.05, 4.69) is 24.5 Å². The lowest BCUT2D eigenvalue weighted by Crippen LogP contribution is -2.70. The molecule has 1 aliphatic heterocycles. The van der Waals surface area contributed by atoms with Crippen LogP contribution in [0.5, 0.6) is 0 Å². The van der Waals surface area contributed by atoms with E-state index in [9.17, 15) is 24.9 Å². The summed E-state index contributed by atoms with van der Waals surface area (Å²) in [7, 11) is 0. The normalized spacial score (nSPS) is 19.9. The lowest BCUT2D eigenvalue weighted by atomic mass is 9.94. The summed E-state index contributed by atoms with van der Waals surface area (Å²) in [4.78, 5) is 28.6. The van der Waals surface area contributed by atoms with Crippen molar-refractivity contribution in [3.8, 4) is 0 Å². The quantitative estimate of drug-likeness (QED) is 0.0335. The van der Waals surface area contributed by atoms with Crippen molar-refractivity contribution in [3.63, 3.8) is 0 Å². The monoisotopic (exact) mass is 839 g/mol. The summed E-state index contributed by atoms with van der Waals surface area (Å²) >= 11 is 0. The van der Waals surface area contributed by atoms with Crippen molar-refractivity contribution in [3.05, 3.63) is 0 Å². The van der Waals surface area contributed by atoms with Crippen LogP contribution in [0.1, 0.15) is 240 Å². The highest BCUT2D eigenvalue weighted by molar-refractivity contribution is 5.82. The molecule has 1 aliphatic rings. The van der Waals surface area contributed by atoms with E-state index in [1.807, 2.05) is 13.8 Å². The van der Waals surface area contributed by atoms with Crippen molar-refractivity contribution in [2.75, 3.05) is 19.7 Å². The maximum absolute atomic E-state index is 13.9. The highest BCUT2D eigenvalue weighted by Crippen LogP contribution is 2.25. The first kappa shape index (κ1) is 55.6.